The maximum absolute atomic E-state index is 9.91. The first-order valence-electron chi connectivity index (χ1n) is 3.96. The van der Waals surface area contributed by atoms with E-state index in [1.54, 1.807) is 4.90 Å². The first-order chi connectivity index (χ1) is 6.24. The quantitative estimate of drug-likeness (QED) is 0.657. The van der Waals surface area contributed by atoms with Gasteiger partial charge in [0.25, 0.3) is 6.47 Å². The van der Waals surface area contributed by atoms with Crippen molar-refractivity contribution in [3.63, 3.8) is 0 Å². The maximum atomic E-state index is 9.91. The minimum atomic E-state index is 0.394. The van der Waals surface area contributed by atoms with Gasteiger partial charge in [0.15, 0.2) is 0 Å². The lowest BCUT2D eigenvalue weighted by molar-refractivity contribution is -0.125. The van der Waals surface area contributed by atoms with Crippen molar-refractivity contribution in [3.8, 4) is 0 Å². The first-order valence-corrected chi connectivity index (χ1v) is 3.96. The van der Waals surface area contributed by atoms with Crippen molar-refractivity contribution >= 4 is 12.2 Å². The lowest BCUT2D eigenvalue weighted by Crippen LogP contribution is -2.14. The molecular weight excluding hydrogens is 166 g/mol. The number of aryl methyl sites for hydroxylation is 1. The molecule has 1 aromatic rings. The molecule has 0 amide bonds. The summed E-state index contributed by atoms with van der Waals surface area (Å²) < 4.78 is 4.50. The van der Waals surface area contributed by atoms with Gasteiger partial charge in [0.1, 0.15) is 0 Å². The fourth-order valence-electron chi connectivity index (χ4n) is 0.957. The van der Waals surface area contributed by atoms with E-state index in [9.17, 15) is 4.79 Å². The summed E-state index contributed by atoms with van der Waals surface area (Å²) in [5.74, 6) is 0. The van der Waals surface area contributed by atoms with E-state index in [2.05, 4.69) is 4.74 Å². The van der Waals surface area contributed by atoms with Crippen molar-refractivity contribution in [2.75, 3.05) is 11.9 Å². The lowest BCUT2D eigenvalue weighted by Gasteiger charge is -2.16. The van der Waals surface area contributed by atoms with Crippen molar-refractivity contribution < 1.29 is 9.53 Å². The molecule has 0 aliphatic heterocycles. The Kier molecular flexibility index (Phi) is 3.31. The molecule has 0 saturated heterocycles. The molecule has 69 valence electrons. The summed E-state index contributed by atoms with van der Waals surface area (Å²) in [5, 5.41) is 0. The molecule has 1 aromatic carbocycles. The van der Waals surface area contributed by atoms with Crippen molar-refractivity contribution in [1.29, 1.82) is 0 Å². The SMILES string of the molecule is Cc1ccc(N(C)[CH]OC=O)cc1. The molecule has 0 N–H and O–H groups in total. The van der Waals surface area contributed by atoms with E-state index in [1.165, 1.54) is 12.3 Å². The molecular formula is C10H12NO2. The van der Waals surface area contributed by atoms with E-state index in [0.717, 1.165) is 5.69 Å². The molecule has 0 aliphatic carbocycles. The van der Waals surface area contributed by atoms with Gasteiger partial charge in [-0.1, -0.05) is 17.7 Å². The van der Waals surface area contributed by atoms with Crippen molar-refractivity contribution in [2.45, 2.75) is 6.92 Å². The van der Waals surface area contributed by atoms with Crippen molar-refractivity contribution in [3.05, 3.63) is 36.6 Å². The van der Waals surface area contributed by atoms with Gasteiger partial charge in [0, 0.05) is 12.7 Å². The Labute approximate surface area is 77.9 Å². The van der Waals surface area contributed by atoms with E-state index in [1.807, 2.05) is 38.2 Å². The fourth-order valence-corrected chi connectivity index (χ4v) is 0.957. The van der Waals surface area contributed by atoms with E-state index < -0.39 is 0 Å². The highest BCUT2D eigenvalue weighted by Gasteiger charge is 1.99. The van der Waals surface area contributed by atoms with E-state index in [0.29, 0.717) is 6.47 Å². The summed E-state index contributed by atoms with van der Waals surface area (Å²) in [7, 11) is 1.81. The van der Waals surface area contributed by atoms with Crippen LogP contribution in [0.2, 0.25) is 0 Å². The van der Waals surface area contributed by atoms with E-state index >= 15 is 0 Å². The molecule has 0 heterocycles. The van der Waals surface area contributed by atoms with Gasteiger partial charge in [-0.05, 0) is 19.1 Å². The van der Waals surface area contributed by atoms with Crippen LogP contribution in [0.25, 0.3) is 0 Å². The number of benzene rings is 1. The molecule has 13 heavy (non-hydrogen) atoms. The van der Waals surface area contributed by atoms with Crippen LogP contribution < -0.4 is 4.90 Å². The molecule has 3 heteroatoms. The zero-order chi connectivity index (χ0) is 9.68. The van der Waals surface area contributed by atoms with E-state index in [4.69, 9.17) is 0 Å². The fraction of sp³-hybridized carbons (Fsp3) is 0.200. The Morgan fingerprint density at radius 3 is 2.46 bits per heavy atom. The van der Waals surface area contributed by atoms with Crippen LogP contribution in [0, 0.1) is 13.7 Å². The standard InChI is InChI=1S/C10H12NO2/c1-9-3-5-10(6-4-9)11(2)7-13-8-12/h3-8H,1-2H3. The second-order valence-electron chi connectivity index (χ2n) is 2.78. The molecule has 0 unspecified atom stereocenters. The number of carbonyl (C=O) groups excluding carboxylic acids is 1. The van der Waals surface area contributed by atoms with Crippen LogP contribution in [0.15, 0.2) is 24.3 Å². The zero-order valence-corrected chi connectivity index (χ0v) is 7.73. The highest BCUT2D eigenvalue weighted by Crippen LogP contribution is 2.14. The van der Waals surface area contributed by atoms with Crippen LogP contribution in [0.3, 0.4) is 0 Å². The summed E-state index contributed by atoms with van der Waals surface area (Å²) in [6.07, 6.45) is 0. The maximum Gasteiger partial charge on any atom is 0.295 e. The lowest BCUT2D eigenvalue weighted by atomic mass is 10.2. The minimum Gasteiger partial charge on any atom is -0.437 e. The largest absolute Gasteiger partial charge is 0.437 e. The third-order valence-electron chi connectivity index (χ3n) is 1.72. The molecule has 3 nitrogen and oxygen atoms in total. The van der Waals surface area contributed by atoms with E-state index in [-0.39, 0.29) is 0 Å². The normalized spacial score (nSPS) is 9.38. The number of carbonyl (C=O) groups is 1. The third-order valence-corrected chi connectivity index (χ3v) is 1.72. The monoisotopic (exact) mass is 178 g/mol. The summed E-state index contributed by atoms with van der Waals surface area (Å²) in [6, 6.07) is 7.92. The second kappa shape index (κ2) is 4.50. The molecule has 1 radical (unpaired) electrons. The van der Waals surface area contributed by atoms with Gasteiger partial charge in [-0.3, -0.25) is 4.79 Å². The molecule has 0 atom stereocenters. The van der Waals surface area contributed by atoms with Crippen molar-refractivity contribution in [1.82, 2.24) is 0 Å². The Bertz CT molecular complexity index is 269. The van der Waals surface area contributed by atoms with Gasteiger partial charge in [0.05, 0.1) is 0 Å². The van der Waals surface area contributed by atoms with Gasteiger partial charge in [0.2, 0.25) is 6.73 Å². The predicted octanol–water partition coefficient (Wildman–Crippen LogP) is 1.72. The number of hydrogen-bond acceptors (Lipinski definition) is 3. The number of anilines is 1. The summed E-state index contributed by atoms with van der Waals surface area (Å²) in [6.45, 7) is 3.78. The molecule has 0 saturated carbocycles. The first kappa shape index (κ1) is 9.58. The van der Waals surface area contributed by atoms with Crippen LogP contribution in [0.1, 0.15) is 5.56 Å². The number of ether oxygens (including phenoxy) is 1. The zero-order valence-electron chi connectivity index (χ0n) is 7.73. The van der Waals surface area contributed by atoms with Gasteiger partial charge in [-0.25, -0.2) is 0 Å². The second-order valence-corrected chi connectivity index (χ2v) is 2.78. The Morgan fingerprint density at radius 2 is 1.92 bits per heavy atom. The van der Waals surface area contributed by atoms with Crippen LogP contribution in [0.4, 0.5) is 5.69 Å². The van der Waals surface area contributed by atoms with Crippen LogP contribution in [0.5, 0.6) is 0 Å². The minimum absolute atomic E-state index is 0.394. The molecule has 0 spiro atoms. The Hall–Kier alpha value is -1.51. The topological polar surface area (TPSA) is 29.5 Å². The number of nitrogens with zero attached hydrogens (tertiary/aromatic N) is 1. The van der Waals surface area contributed by atoms with Gasteiger partial charge < -0.3 is 9.64 Å². The van der Waals surface area contributed by atoms with Crippen LogP contribution in [-0.2, 0) is 9.53 Å². The highest BCUT2D eigenvalue weighted by molar-refractivity contribution is 5.49. The number of hydrogen-bond donors (Lipinski definition) is 0. The predicted molar refractivity (Wildman–Crippen MR) is 51.0 cm³/mol. The molecule has 0 aromatic heterocycles. The molecule has 0 bridgehead atoms. The Balaban J connectivity index is 2.60. The average Bonchev–Trinajstić information content (AvgIpc) is 2.15. The van der Waals surface area contributed by atoms with Gasteiger partial charge in [-0.2, -0.15) is 0 Å². The summed E-state index contributed by atoms with van der Waals surface area (Å²) >= 11 is 0. The van der Waals surface area contributed by atoms with Gasteiger partial charge >= 0.3 is 0 Å². The highest BCUT2D eigenvalue weighted by atomic mass is 16.5. The smallest absolute Gasteiger partial charge is 0.295 e. The summed E-state index contributed by atoms with van der Waals surface area (Å²) in [5.41, 5.74) is 2.18. The van der Waals surface area contributed by atoms with Gasteiger partial charge in [-0.15, -0.1) is 0 Å². The molecule has 1 rings (SSSR count). The van der Waals surface area contributed by atoms with Crippen LogP contribution in [-0.4, -0.2) is 13.5 Å². The third kappa shape index (κ3) is 2.78. The molecule has 0 aliphatic rings. The Morgan fingerprint density at radius 1 is 1.31 bits per heavy atom. The number of rotatable bonds is 4. The van der Waals surface area contributed by atoms with Crippen LogP contribution >= 0.6 is 0 Å². The average molecular weight is 178 g/mol. The summed E-state index contributed by atoms with van der Waals surface area (Å²) in [4.78, 5) is 11.6. The molecule has 0 fully saturated rings. The van der Waals surface area contributed by atoms with Crippen molar-refractivity contribution in [2.24, 2.45) is 0 Å².